The van der Waals surface area contributed by atoms with Crippen molar-refractivity contribution in [1.29, 1.82) is 5.26 Å². The minimum atomic E-state index is -4.51. The number of nitro benzene ring substituents is 1. The maximum Gasteiger partial charge on any atom is 0.417 e. The number of hydrogen-bond donors (Lipinski definition) is 0. The first-order chi connectivity index (χ1) is 69.9. The third kappa shape index (κ3) is 25.7. The summed E-state index contributed by atoms with van der Waals surface area (Å²) < 4.78 is 163. The zero-order valence-corrected chi connectivity index (χ0v) is 82.8. The molecule has 7 aromatic heterocycles. The van der Waals surface area contributed by atoms with E-state index in [2.05, 4.69) is 75.8 Å². The van der Waals surface area contributed by atoms with Crippen molar-refractivity contribution in [2.24, 2.45) is 0 Å². The van der Waals surface area contributed by atoms with E-state index in [9.17, 15) is 62.8 Å². The number of nitro groups is 1. The lowest BCUT2D eigenvalue weighted by atomic mass is 9.98. The Labute approximate surface area is 870 Å². The third-order valence-corrected chi connectivity index (χ3v) is 25.9. The number of aromatic nitrogens is 14. The van der Waals surface area contributed by atoms with Gasteiger partial charge in [-0.05, 0) is 174 Å². The molecule has 18 aromatic rings. The molecule has 0 spiro atoms. The molecular weight excluding hydrogens is 2090 g/mol. The van der Waals surface area contributed by atoms with Crippen LogP contribution in [-0.4, -0.2) is 81.8 Å². The molecule has 742 valence electrons. The number of nitrogens with zero attached hydrogens (tertiary/aromatic N) is 16. The fourth-order valence-corrected chi connectivity index (χ4v) is 18.4. The number of rotatable bonds is 9. The van der Waals surface area contributed by atoms with Crippen molar-refractivity contribution in [2.75, 3.05) is 7.11 Å². The fourth-order valence-electron chi connectivity index (χ4n) is 16.1. The molecule has 0 aliphatic heterocycles. The van der Waals surface area contributed by atoms with Crippen molar-refractivity contribution < 1.29 is 62.3 Å². The van der Waals surface area contributed by atoms with E-state index < -0.39 is 51.9 Å². The number of halogens is 21. The van der Waals surface area contributed by atoms with Gasteiger partial charge >= 0.3 is 24.7 Å². The molecule has 0 atom stereocenters. The van der Waals surface area contributed by atoms with E-state index in [1.807, 2.05) is 91.0 Å². The Bertz CT molecular complexity index is 7950. The Morgan fingerprint density at radius 1 is 0.295 bits per heavy atom. The van der Waals surface area contributed by atoms with Crippen molar-refractivity contribution in [1.82, 2.24) is 69.8 Å². The van der Waals surface area contributed by atoms with Crippen LogP contribution in [0.1, 0.15) is 113 Å². The molecule has 0 fully saturated rings. The summed E-state index contributed by atoms with van der Waals surface area (Å²) in [6.07, 6.45) is -4.16. The summed E-state index contributed by atoms with van der Waals surface area (Å²) in [5.41, 5.74) is 6.97. The summed E-state index contributed by atoms with van der Waals surface area (Å²) in [5, 5.41) is 25.4. The number of ether oxygens (including phenoxy) is 1. The predicted octanol–water partition coefficient (Wildman–Crippen LogP) is 32.8. The average Bonchev–Trinajstić information content (AvgIpc) is 1.40. The Hall–Kier alpha value is -13.5. The van der Waals surface area contributed by atoms with Crippen LogP contribution in [0.4, 0.5) is 58.4 Å². The highest BCUT2D eigenvalue weighted by atomic mass is 35.5. The molecule has 3 aliphatic rings. The molecule has 0 N–H and O–H groups in total. The van der Waals surface area contributed by atoms with Crippen LogP contribution < -0.4 is 4.74 Å². The van der Waals surface area contributed by atoms with Crippen LogP contribution in [0, 0.1) is 21.4 Å². The molecule has 3 aliphatic carbocycles. The van der Waals surface area contributed by atoms with Gasteiger partial charge in [0, 0.05) is 106 Å². The van der Waals surface area contributed by atoms with Crippen LogP contribution in [0.3, 0.4) is 0 Å². The molecule has 146 heavy (non-hydrogen) atoms. The normalized spacial score (nSPS) is 12.8. The molecular formula is C106H73Cl9F12N16O3. The third-order valence-electron chi connectivity index (χ3n) is 23.1. The van der Waals surface area contributed by atoms with E-state index in [0.29, 0.717) is 87.7 Å². The number of benzene rings is 11. The van der Waals surface area contributed by atoms with Gasteiger partial charge in [0.15, 0.2) is 40.8 Å². The van der Waals surface area contributed by atoms with Gasteiger partial charge in [-0.2, -0.15) is 57.9 Å². The zero-order valence-electron chi connectivity index (χ0n) is 76.0. The van der Waals surface area contributed by atoms with Crippen LogP contribution in [-0.2, 0) is 63.2 Å². The SMILES string of the molecule is COc1cccc2c(Cl)nc(-c3ccccc3C(F)(F)F)nc12.Clc1ccccc1-c1nc(Cl)c2c(n1)CCCCC2.FC(F)(F)c1ccccc1-c1nc(Cl)c2c(n1)CCC2.FC(F)(F)c1ccccc1-c1nc(Cl)c2c(n1)CCCCCC2.FC(F)(F)c1ccccc1-c1nc(Cl)c2ccccc2n1.N#Cc1ccccc1-c1nc(Cl)c2ccccc2n1.O=[N+]([O-])c1ccc(-c2nc(Cl)c3ccccc3n2)c(Cl)c1. The van der Waals surface area contributed by atoms with E-state index in [1.54, 1.807) is 54.6 Å². The van der Waals surface area contributed by atoms with Crippen molar-refractivity contribution in [2.45, 2.75) is 115 Å². The minimum absolute atomic E-state index is 0.0215. The van der Waals surface area contributed by atoms with Gasteiger partial charge in [-0.3, -0.25) is 10.1 Å². The standard InChI is InChI=1S/C17H16ClF3N2.C16H10ClF3N2O.C15H14Cl2N2.C15H8ClF3N2.C15H8ClN3.C14H7Cl2N3O2.C14H10ClF3N2/c18-15-12-8-3-1-2-4-10-14(12)22-16(23-15)11-7-5-6-9-13(11)17(19,20)21;1-23-12-8-4-6-10-13(12)21-15(22-14(10)17)9-5-2-3-7-11(9)16(18,19)20;16-12-8-5-4-6-10(12)15-18-13-9-3-1-2-7-11(13)14(17)19-15;16-13-10-6-2-4-8-12(10)20-14(21-13)9-5-1-3-7-11(9)15(17,18)19;16-14-12-7-3-4-8-13(12)18-15(19-14)11-6-2-1-5-10(11)9-17;15-11-7-8(19(20)21)5-6-9(11)14-17-12-4-2-1-3-10(12)13(16)18-14;15-12-9-5-3-7-11(9)19-13(20-12)8-4-1-2-6-10(8)14(16,17)18/h5-7,9H,1-4,8,10H2;2-8H,1H3;4-6,8H,1-3,7,9H2;1-8H;1-8H;1-7H;1-2,4,6H,3,5,7H2. The Morgan fingerprint density at radius 3 is 0.979 bits per heavy atom. The highest BCUT2D eigenvalue weighted by Crippen LogP contribution is 2.45. The molecule has 0 saturated carbocycles. The van der Waals surface area contributed by atoms with Gasteiger partial charge in [-0.1, -0.05) is 263 Å². The molecule has 11 aromatic carbocycles. The maximum absolute atomic E-state index is 13.2. The molecule has 21 rings (SSSR count). The molecule has 0 amide bonds. The molecule has 0 radical (unpaired) electrons. The fraction of sp³-hybridized carbons (Fsp3) is 0.179. The molecule has 7 heterocycles. The van der Waals surface area contributed by atoms with Crippen LogP contribution >= 0.6 is 104 Å². The Morgan fingerprint density at radius 2 is 0.589 bits per heavy atom. The topological polar surface area (TPSA) is 257 Å². The van der Waals surface area contributed by atoms with Crippen LogP contribution in [0.2, 0.25) is 46.1 Å². The average molecular weight is 2170 g/mol. The quantitative estimate of drug-likeness (QED) is 0.0428. The van der Waals surface area contributed by atoms with Crippen molar-refractivity contribution in [3.05, 3.63) is 373 Å². The molecule has 0 saturated heterocycles. The minimum Gasteiger partial charge on any atom is -0.494 e. The molecule has 0 bridgehead atoms. The summed E-state index contributed by atoms with van der Waals surface area (Å²) >= 11 is 55.4. The molecule has 0 unspecified atom stereocenters. The summed E-state index contributed by atoms with van der Waals surface area (Å²) in [5.74, 6) is 1.82. The lowest BCUT2D eigenvalue weighted by molar-refractivity contribution is -0.384. The van der Waals surface area contributed by atoms with Gasteiger partial charge in [0.1, 0.15) is 47.3 Å². The predicted molar refractivity (Wildman–Crippen MR) is 544 cm³/mol. The number of nitriles is 1. The second-order valence-electron chi connectivity index (χ2n) is 32.6. The van der Waals surface area contributed by atoms with Gasteiger partial charge in [-0.15, -0.1) is 0 Å². The van der Waals surface area contributed by atoms with Crippen LogP contribution in [0.25, 0.3) is 123 Å². The van der Waals surface area contributed by atoms with Gasteiger partial charge < -0.3 is 4.74 Å². The number of non-ortho nitro benzene ring substituents is 1. The highest BCUT2D eigenvalue weighted by molar-refractivity contribution is 6.37. The van der Waals surface area contributed by atoms with Gasteiger partial charge in [0.05, 0.1) is 72.5 Å². The molecule has 19 nitrogen and oxygen atoms in total. The van der Waals surface area contributed by atoms with E-state index in [4.69, 9.17) is 114 Å². The lowest BCUT2D eigenvalue weighted by Crippen LogP contribution is -2.10. The van der Waals surface area contributed by atoms with Gasteiger partial charge in [0.25, 0.3) is 5.69 Å². The highest BCUT2D eigenvalue weighted by Gasteiger charge is 2.39. The van der Waals surface area contributed by atoms with Crippen molar-refractivity contribution >= 4 is 154 Å². The number of para-hydroxylation sites is 4. The lowest BCUT2D eigenvalue weighted by Gasteiger charge is -2.17. The summed E-state index contributed by atoms with van der Waals surface area (Å²) in [4.78, 5) is 70.0. The Balaban J connectivity index is 0.000000128. The summed E-state index contributed by atoms with van der Waals surface area (Å²) in [6.45, 7) is 0. The number of hydrogen-bond acceptors (Lipinski definition) is 18. The molecule has 40 heteroatoms. The summed E-state index contributed by atoms with van der Waals surface area (Å²) in [6, 6.07) is 68.8. The monoisotopic (exact) mass is 2160 g/mol. The Kier molecular flexibility index (Phi) is 34.6. The first kappa shape index (κ1) is 107. The van der Waals surface area contributed by atoms with E-state index >= 15 is 0 Å². The van der Waals surface area contributed by atoms with Gasteiger partial charge in [0.2, 0.25) is 0 Å². The summed E-state index contributed by atoms with van der Waals surface area (Å²) in [7, 11) is 1.45. The number of methoxy groups -OCH3 is 1. The van der Waals surface area contributed by atoms with Crippen molar-refractivity contribution in [3.8, 4) is 91.5 Å². The number of fused-ring (bicyclic) bond motifs is 7. The smallest absolute Gasteiger partial charge is 0.417 e. The van der Waals surface area contributed by atoms with Gasteiger partial charge in [-0.25, -0.2) is 69.8 Å². The largest absolute Gasteiger partial charge is 0.494 e. The first-order valence-electron chi connectivity index (χ1n) is 44.7. The second kappa shape index (κ2) is 47.3. The second-order valence-corrected chi connectivity index (χ2v) is 35.9. The van der Waals surface area contributed by atoms with E-state index in [0.717, 1.165) is 151 Å². The van der Waals surface area contributed by atoms with Crippen molar-refractivity contribution in [3.63, 3.8) is 0 Å². The number of alkyl halides is 12. The maximum atomic E-state index is 13.2. The number of aryl methyl sites for hydroxylation is 3. The van der Waals surface area contributed by atoms with Crippen LogP contribution in [0.15, 0.2) is 255 Å². The van der Waals surface area contributed by atoms with Crippen LogP contribution in [0.5, 0.6) is 5.75 Å². The first-order valence-corrected chi connectivity index (χ1v) is 48.1. The van der Waals surface area contributed by atoms with E-state index in [-0.39, 0.29) is 76.9 Å². The van der Waals surface area contributed by atoms with E-state index in [1.165, 1.54) is 111 Å². The zero-order chi connectivity index (χ0) is 104.